The molecule has 31 nitrogen and oxygen atoms in total. The lowest BCUT2D eigenvalue weighted by molar-refractivity contribution is 0.424. The van der Waals surface area contributed by atoms with Crippen LogP contribution in [0.15, 0.2) is 338 Å². The van der Waals surface area contributed by atoms with Gasteiger partial charge in [0.15, 0.2) is 0 Å². The lowest BCUT2D eigenvalue weighted by Crippen LogP contribution is -2.29. The van der Waals surface area contributed by atoms with Gasteiger partial charge < -0.3 is 59.4 Å². The fourth-order valence-corrected chi connectivity index (χ4v) is 15.4. The quantitative estimate of drug-likeness (QED) is 0.0243. The minimum Gasteiger partial charge on any atom is -0.423 e. The highest BCUT2D eigenvalue weighted by atomic mass is 127. The van der Waals surface area contributed by atoms with Crippen molar-refractivity contribution in [1.82, 2.24) is 83.5 Å². The number of nitrogens with two attached hydrogens (primary N) is 5. The summed E-state index contributed by atoms with van der Waals surface area (Å²) in [7, 11) is -2.79. The van der Waals surface area contributed by atoms with Crippen LogP contribution in [0.5, 0.6) is 0 Å². The van der Waals surface area contributed by atoms with Gasteiger partial charge in [-0.1, -0.05) is 168 Å². The maximum Gasteiger partial charge on any atom is 0.490 e. The number of hydrogen-bond donors (Lipinski definition) is 11. The van der Waals surface area contributed by atoms with Crippen LogP contribution in [0.25, 0.3) is 93.9 Å². The molecule has 0 spiro atoms. The molecule has 0 saturated heterocycles. The zero-order valence-corrected chi connectivity index (χ0v) is 79.1. The van der Waals surface area contributed by atoms with Gasteiger partial charge >= 0.3 is 14.2 Å². The predicted molar refractivity (Wildman–Crippen MR) is 554 cm³/mol. The van der Waals surface area contributed by atoms with E-state index >= 15 is 0 Å². The summed E-state index contributed by atoms with van der Waals surface area (Å²) in [5.41, 5.74) is 41.9. The van der Waals surface area contributed by atoms with Gasteiger partial charge in [0.25, 0.3) is 16.7 Å². The van der Waals surface area contributed by atoms with Crippen LogP contribution in [0.1, 0.15) is 67.4 Å². The Balaban J connectivity index is 0.000000146. The van der Waals surface area contributed by atoms with Gasteiger partial charge in [-0.2, -0.15) is 9.97 Å². The van der Waals surface area contributed by atoms with E-state index in [4.69, 9.17) is 95.2 Å². The number of aryl methyl sites for hydroxylation is 2. The number of fused-ring (bicyclic) bond motifs is 3. The highest BCUT2D eigenvalue weighted by Gasteiger charge is 2.25. The summed E-state index contributed by atoms with van der Waals surface area (Å²) < 4.78 is 5.90. The number of nitrogens with one attached hydrogen (secondary N) is 2. The number of nitrogen functional groups attached to an aromatic ring is 4. The number of pyridine rings is 9. The van der Waals surface area contributed by atoms with E-state index in [0.29, 0.717) is 59.1 Å². The molecule has 13 heterocycles. The van der Waals surface area contributed by atoms with Crippen LogP contribution in [0, 0.1) is 17.4 Å². The summed E-state index contributed by atoms with van der Waals surface area (Å²) in [4.78, 5) is 97.7. The Labute approximate surface area is 819 Å². The van der Waals surface area contributed by atoms with E-state index in [-0.39, 0.29) is 58.6 Å². The Morgan fingerprint density at radius 3 is 1.12 bits per heavy atom. The molecule has 0 saturated carbocycles. The molecule has 19 rings (SSSR count). The fraction of sp³-hybridized carbons (Fsp3) is 0.0808. The van der Waals surface area contributed by atoms with Gasteiger partial charge in [0.05, 0.1) is 41.9 Å². The second-order valence-corrected chi connectivity index (χ2v) is 33.0. The maximum absolute atomic E-state index is 14.4. The first-order valence-corrected chi connectivity index (χ1v) is 44.7. The Kier molecular flexibility index (Phi) is 34.1. The van der Waals surface area contributed by atoms with E-state index in [1.165, 1.54) is 6.20 Å². The van der Waals surface area contributed by atoms with Gasteiger partial charge in [0.2, 0.25) is 23.8 Å². The number of hydrogen-bond acceptors (Lipinski definition) is 28. The lowest BCUT2D eigenvalue weighted by Gasteiger charge is -2.23. The fourth-order valence-electron chi connectivity index (χ4n) is 14.3. The second kappa shape index (κ2) is 47.1. The molecule has 38 heteroatoms. The number of halogens is 5. The van der Waals surface area contributed by atoms with Crippen molar-refractivity contribution in [2.75, 3.05) is 33.6 Å². The number of para-hydroxylation sites is 3. The van der Waals surface area contributed by atoms with Crippen LogP contribution in [-0.4, -0.2) is 118 Å². The molecule has 686 valence electrons. The molecule has 13 aromatic heterocycles. The van der Waals surface area contributed by atoms with Crippen LogP contribution in [-0.2, 0) is 0 Å². The summed E-state index contributed by atoms with van der Waals surface area (Å²) in [5.74, 6) is 1.78. The van der Waals surface area contributed by atoms with Crippen molar-refractivity contribution >= 4 is 162 Å². The highest BCUT2D eigenvalue weighted by molar-refractivity contribution is 14.1. The van der Waals surface area contributed by atoms with Crippen molar-refractivity contribution < 1.29 is 20.1 Å². The molecular formula is C99H87B2Cl4IN24O7. The first kappa shape index (κ1) is 99.3. The van der Waals surface area contributed by atoms with Crippen molar-refractivity contribution in [3.05, 3.63) is 407 Å². The van der Waals surface area contributed by atoms with Gasteiger partial charge in [-0.3, -0.25) is 58.0 Å². The normalized spacial score (nSPS) is 11.3. The summed E-state index contributed by atoms with van der Waals surface area (Å²) in [5, 5.41) is 47.1. The topological polar surface area (TPSA) is 482 Å². The molecule has 0 aliphatic rings. The van der Waals surface area contributed by atoms with E-state index in [1.807, 2.05) is 244 Å². The van der Waals surface area contributed by atoms with Crippen LogP contribution >= 0.6 is 69.0 Å². The van der Waals surface area contributed by atoms with E-state index in [0.717, 1.165) is 110 Å². The van der Waals surface area contributed by atoms with Crippen molar-refractivity contribution in [2.24, 2.45) is 5.73 Å². The number of anilines is 6. The summed E-state index contributed by atoms with van der Waals surface area (Å²) >= 11 is 26.1. The summed E-state index contributed by atoms with van der Waals surface area (Å²) in [6.07, 6.45) is 23.1. The van der Waals surface area contributed by atoms with E-state index < -0.39 is 14.2 Å². The van der Waals surface area contributed by atoms with Crippen molar-refractivity contribution in [2.45, 2.75) is 52.7 Å². The molecule has 19 aromatic rings. The third kappa shape index (κ3) is 25.5. The molecule has 137 heavy (non-hydrogen) atoms. The Bertz CT molecular complexity index is 7570. The smallest absolute Gasteiger partial charge is 0.423 e. The van der Waals surface area contributed by atoms with E-state index in [2.05, 4.69) is 86.5 Å². The molecule has 6 aromatic carbocycles. The minimum absolute atomic E-state index is 0.105. The monoisotopic (exact) mass is 2010 g/mol. The average molecular weight is 2020 g/mol. The molecule has 3 atom stereocenters. The van der Waals surface area contributed by atoms with E-state index in [9.17, 15) is 14.4 Å². The standard InChI is InChI=1S/C32H27N7O.C26H21ClN6O.C17H15ClN2O.C9H7ClN4.C6H8BNO2.C5H6BNO2.C4H3ClIN3/c1-20-16-22(13-15-35-20)26-12-6-8-23-17-28(39(31(40)29(23)26)25-10-4-3-5-11-25)21(2)37-30-27(19-36-32(33)38-30)24-9-7-14-34-18-24;1-16(31-24-20(15-30-26(28)32-24)18-8-6-12-29-14-18)22-13-17-7-5-11-21(27)23(17)25(34)33(22)19-9-3-2-4-10-19;1-11(19)15-10-12-6-5-9-14(18)16(12)17(21)20(15)13-7-3-2-4-8-13;10-8-7(5-13-9(11)14-8)6-2-1-3-12-4-6;1-5-4-6(7(9)10)2-3-8-5;8-6(9)5-2-1-3-7-4-5;5-3-2(6)1-8-4(7)9-3/h3-19,21H,1-2H3,(H3,33,36,37,38);2-16H,1H3,(H3,28,30,31,32);2-11H,19H2,1H3;1-5H,(H2,11,13,14);2-4,9-10H,1H3;1-4,8-9H;1H,(H2,7,8,9)/t21-;16-;11-;;;;/m000..../s1. The van der Waals surface area contributed by atoms with Crippen LogP contribution in [0.3, 0.4) is 0 Å². The van der Waals surface area contributed by atoms with Crippen molar-refractivity contribution in [1.29, 1.82) is 0 Å². The molecule has 0 radical (unpaired) electrons. The Hall–Kier alpha value is -15.2. The van der Waals surface area contributed by atoms with Crippen LogP contribution in [0.2, 0.25) is 20.4 Å². The average Bonchev–Trinajstić information content (AvgIpc) is 0.741. The second-order valence-electron chi connectivity index (χ2n) is 30.3. The van der Waals surface area contributed by atoms with Crippen molar-refractivity contribution in [3.8, 4) is 61.6 Å². The van der Waals surface area contributed by atoms with Gasteiger partial charge in [-0.05, 0) is 205 Å². The van der Waals surface area contributed by atoms with Crippen LogP contribution < -0.4 is 66.9 Å². The van der Waals surface area contributed by atoms with Crippen molar-refractivity contribution in [3.63, 3.8) is 0 Å². The maximum atomic E-state index is 14.4. The summed E-state index contributed by atoms with van der Waals surface area (Å²) in [6.45, 7) is 9.58. The number of benzene rings is 6. The van der Waals surface area contributed by atoms with Crippen LogP contribution in [0.4, 0.5) is 35.4 Å². The summed E-state index contributed by atoms with van der Waals surface area (Å²) in [6, 6.07) is 72.2. The number of nitrogens with zero attached hydrogens (tertiary/aromatic N) is 17. The first-order chi connectivity index (χ1) is 66.1. The molecule has 16 N–H and O–H groups in total. The zero-order chi connectivity index (χ0) is 97.3. The predicted octanol–water partition coefficient (Wildman–Crippen LogP) is 15.8. The zero-order valence-electron chi connectivity index (χ0n) is 73.9. The van der Waals surface area contributed by atoms with E-state index in [1.54, 1.807) is 138 Å². The third-order valence-electron chi connectivity index (χ3n) is 20.6. The molecule has 0 fully saturated rings. The minimum atomic E-state index is -1.40. The largest absolute Gasteiger partial charge is 0.490 e. The van der Waals surface area contributed by atoms with Gasteiger partial charge in [0, 0.05) is 177 Å². The van der Waals surface area contributed by atoms with Gasteiger partial charge in [-0.25, -0.2) is 29.9 Å². The highest BCUT2D eigenvalue weighted by Crippen LogP contribution is 2.36. The third-order valence-corrected chi connectivity index (χ3v) is 23.0. The van der Waals surface area contributed by atoms with Gasteiger partial charge in [-0.15, -0.1) is 0 Å². The Morgan fingerprint density at radius 1 is 0.350 bits per heavy atom. The SMILES string of the molecule is C[C@H](N)c1cc2cccc(Cl)c2c(=O)n1-c1ccccc1.C[C@H](Nc1nc(N)ncc1-c1cccnc1)c1cc2cccc(Cl)c2c(=O)n1-c1ccccc1.Cc1cc(-c2cccc3cc([C@H](C)Nc4nc(N)ncc4-c4cccnc4)n(-c4ccccc4)c(=O)c23)ccn1.Cc1cc(B(O)O)ccn1.Nc1ncc(-c2cccnc2)c(Cl)n1.Nc1ncc(I)c(Cl)n1.OB(O)c1cccnc1. The lowest BCUT2D eigenvalue weighted by atomic mass is 9.81. The molecule has 0 unspecified atom stereocenters. The molecular weight excluding hydrogens is 1930 g/mol. The van der Waals surface area contributed by atoms with Gasteiger partial charge in [0.1, 0.15) is 21.9 Å². The molecule has 0 amide bonds. The molecule has 0 aliphatic heterocycles. The number of rotatable bonds is 16. The molecule has 0 aliphatic carbocycles. The first-order valence-electron chi connectivity index (χ1n) is 42.1. The molecule has 0 bridgehead atoms. The Morgan fingerprint density at radius 2 is 0.730 bits per heavy atom. The number of aromatic nitrogens is 17.